The van der Waals surface area contributed by atoms with Crippen LogP contribution < -0.4 is 0 Å². The molecule has 1 aromatic heterocycles. The van der Waals surface area contributed by atoms with Gasteiger partial charge in [-0.15, -0.1) is 0 Å². The fraction of sp³-hybridized carbons (Fsp3) is 0.679. The second-order valence-corrected chi connectivity index (χ2v) is 12.7. The van der Waals surface area contributed by atoms with Gasteiger partial charge in [0, 0.05) is 34.7 Å². The predicted molar refractivity (Wildman–Crippen MR) is 125 cm³/mol. The number of hydrogen-bond donors (Lipinski definition) is 1. The molecule has 0 aromatic carbocycles. The van der Waals surface area contributed by atoms with Gasteiger partial charge in [0.1, 0.15) is 17.8 Å². The molecule has 10 atom stereocenters. The van der Waals surface area contributed by atoms with E-state index in [2.05, 4.69) is 13.8 Å². The number of cyclic esters (lactones) is 1. The summed E-state index contributed by atoms with van der Waals surface area (Å²) in [4.78, 5) is 38.7. The molecule has 36 heavy (non-hydrogen) atoms. The topological polar surface area (TPSA) is 116 Å². The monoisotopic (exact) mass is 498 g/mol. The Balaban J connectivity index is 1.58. The van der Waals surface area contributed by atoms with E-state index < -0.39 is 69.5 Å². The van der Waals surface area contributed by atoms with Gasteiger partial charge in [-0.2, -0.15) is 0 Å². The number of ether oxygens (including phenoxy) is 3. The summed E-state index contributed by atoms with van der Waals surface area (Å²) in [6, 6.07) is 1.79. The van der Waals surface area contributed by atoms with Gasteiger partial charge in [0.15, 0.2) is 11.9 Å². The van der Waals surface area contributed by atoms with E-state index in [-0.39, 0.29) is 11.7 Å². The van der Waals surface area contributed by atoms with Crippen LogP contribution in [0.1, 0.15) is 66.1 Å². The molecule has 2 saturated carbocycles. The number of fused-ring (bicyclic) bond motifs is 3. The van der Waals surface area contributed by atoms with E-state index in [4.69, 9.17) is 18.6 Å². The number of ketones is 1. The molecule has 3 heterocycles. The molecule has 1 N–H and O–H groups in total. The number of aliphatic hydroxyl groups excluding tert-OH is 1. The Morgan fingerprint density at radius 1 is 1.14 bits per heavy atom. The lowest BCUT2D eigenvalue weighted by molar-refractivity contribution is -0.281. The Hall–Kier alpha value is -2.45. The predicted octanol–water partition coefficient (Wildman–Crippen LogP) is 3.53. The van der Waals surface area contributed by atoms with Crippen LogP contribution in [-0.2, 0) is 28.6 Å². The zero-order valence-electron chi connectivity index (χ0n) is 21.6. The number of furan rings is 1. The standard InChI is InChI=1S/C28H34O8/c1-14(29)34-21-18(31)19-24(2,3)17(30)8-10-25(19,4)16-7-11-26(5)20(15-9-12-33-13-15)35-23(32)22-28(26,36-22)27(16,21)6/h8-10,12-13,16,18-22,31H,7,11H2,1-6H3/t16-,18-,19+,20+,21-,22-,25-,26+,27+,28-/m1/s1. The van der Waals surface area contributed by atoms with Crippen molar-refractivity contribution in [1.29, 1.82) is 0 Å². The van der Waals surface area contributed by atoms with Crippen LogP contribution in [0, 0.1) is 33.5 Å². The Morgan fingerprint density at radius 3 is 2.50 bits per heavy atom. The molecule has 4 fully saturated rings. The van der Waals surface area contributed by atoms with Gasteiger partial charge in [0.2, 0.25) is 0 Å². The number of esters is 2. The summed E-state index contributed by atoms with van der Waals surface area (Å²) in [7, 11) is 0. The average molecular weight is 499 g/mol. The minimum absolute atomic E-state index is 0.0603. The van der Waals surface area contributed by atoms with Crippen LogP contribution in [0.4, 0.5) is 0 Å². The maximum Gasteiger partial charge on any atom is 0.339 e. The van der Waals surface area contributed by atoms with E-state index in [1.807, 2.05) is 26.8 Å². The van der Waals surface area contributed by atoms with Gasteiger partial charge < -0.3 is 23.7 Å². The van der Waals surface area contributed by atoms with Crippen LogP contribution in [0.15, 0.2) is 35.2 Å². The first-order valence-corrected chi connectivity index (χ1v) is 12.8. The maximum atomic E-state index is 13.3. The number of aliphatic hydroxyl groups is 1. The van der Waals surface area contributed by atoms with Crippen LogP contribution in [0.2, 0.25) is 0 Å². The number of epoxide rings is 1. The van der Waals surface area contributed by atoms with Crippen LogP contribution in [0.3, 0.4) is 0 Å². The molecule has 0 unspecified atom stereocenters. The molecule has 8 heteroatoms. The number of rotatable bonds is 2. The van der Waals surface area contributed by atoms with Crippen molar-refractivity contribution in [2.45, 2.75) is 84.4 Å². The molecule has 1 aromatic rings. The maximum absolute atomic E-state index is 13.3. The lowest BCUT2D eigenvalue weighted by atomic mass is 9.35. The highest BCUT2D eigenvalue weighted by molar-refractivity contribution is 5.96. The normalized spacial score (nSPS) is 50.2. The summed E-state index contributed by atoms with van der Waals surface area (Å²) in [5, 5.41) is 12.0. The molecule has 6 rings (SSSR count). The number of carbonyl (C=O) groups excluding carboxylic acids is 3. The summed E-state index contributed by atoms with van der Waals surface area (Å²) in [6.45, 7) is 11.2. The smallest absolute Gasteiger partial charge is 0.339 e. The molecular formula is C28H34O8. The van der Waals surface area contributed by atoms with Gasteiger partial charge in [-0.05, 0) is 36.3 Å². The van der Waals surface area contributed by atoms with Gasteiger partial charge >= 0.3 is 11.9 Å². The quantitative estimate of drug-likeness (QED) is 0.486. The fourth-order valence-electron chi connectivity index (χ4n) is 9.41. The summed E-state index contributed by atoms with van der Waals surface area (Å²) in [5.41, 5.74) is -3.35. The van der Waals surface area contributed by atoms with Crippen molar-refractivity contribution < 1.29 is 38.1 Å². The van der Waals surface area contributed by atoms with Crippen molar-refractivity contribution in [3.63, 3.8) is 0 Å². The molecule has 2 saturated heterocycles. The fourth-order valence-corrected chi connectivity index (χ4v) is 9.41. The first-order chi connectivity index (χ1) is 16.8. The summed E-state index contributed by atoms with van der Waals surface area (Å²) >= 11 is 0. The largest absolute Gasteiger partial charge is 0.472 e. The Bertz CT molecular complexity index is 1180. The highest BCUT2D eigenvalue weighted by Crippen LogP contribution is 2.79. The third kappa shape index (κ3) is 2.45. The second-order valence-electron chi connectivity index (χ2n) is 12.7. The van der Waals surface area contributed by atoms with Crippen molar-refractivity contribution in [3.05, 3.63) is 36.3 Å². The summed E-state index contributed by atoms with van der Waals surface area (Å²) in [6.07, 6.45) is 4.55. The van der Waals surface area contributed by atoms with E-state index in [0.717, 1.165) is 5.56 Å². The SMILES string of the molecule is CC(=O)O[C@@H]1[C@H](O)[C@H]2C(C)(C)C(=O)C=C[C@]2(C)[C@H]2CC[C@@]3(C)[C@H](c4ccoc4)OC(=O)[C@H]4O[C@]43[C@]12C. The van der Waals surface area contributed by atoms with Crippen molar-refractivity contribution in [1.82, 2.24) is 0 Å². The molecule has 1 spiro atoms. The number of hydrogen-bond acceptors (Lipinski definition) is 8. The van der Waals surface area contributed by atoms with Gasteiger partial charge in [-0.25, -0.2) is 4.79 Å². The molecule has 194 valence electrons. The van der Waals surface area contributed by atoms with E-state index in [1.165, 1.54) is 6.92 Å². The van der Waals surface area contributed by atoms with Crippen molar-refractivity contribution in [2.75, 3.05) is 0 Å². The average Bonchev–Trinajstić information content (AvgIpc) is 3.36. The van der Waals surface area contributed by atoms with E-state index >= 15 is 0 Å². The molecule has 5 aliphatic rings. The van der Waals surface area contributed by atoms with E-state index in [1.54, 1.807) is 24.7 Å². The van der Waals surface area contributed by atoms with Gasteiger partial charge in [-0.1, -0.05) is 40.7 Å². The number of allylic oxidation sites excluding steroid dienone is 2. The van der Waals surface area contributed by atoms with Crippen molar-refractivity contribution >= 4 is 17.7 Å². The lowest BCUT2D eigenvalue weighted by Gasteiger charge is -2.69. The first kappa shape index (κ1) is 23.9. The molecule has 0 amide bonds. The third-order valence-corrected chi connectivity index (χ3v) is 10.8. The molecular weight excluding hydrogens is 464 g/mol. The van der Waals surface area contributed by atoms with Crippen LogP contribution in [-0.4, -0.2) is 46.7 Å². The lowest BCUT2D eigenvalue weighted by Crippen LogP contribution is -2.76. The molecule has 0 radical (unpaired) electrons. The zero-order valence-corrected chi connectivity index (χ0v) is 21.6. The van der Waals surface area contributed by atoms with Gasteiger partial charge in [-0.3, -0.25) is 9.59 Å². The highest BCUT2D eigenvalue weighted by Gasteiger charge is 2.89. The van der Waals surface area contributed by atoms with Gasteiger partial charge in [0.25, 0.3) is 0 Å². The van der Waals surface area contributed by atoms with Crippen LogP contribution in [0.25, 0.3) is 0 Å². The van der Waals surface area contributed by atoms with Crippen LogP contribution >= 0.6 is 0 Å². The van der Waals surface area contributed by atoms with Crippen molar-refractivity contribution in [2.24, 2.45) is 33.5 Å². The Kier molecular flexibility index (Phi) is 4.58. The Morgan fingerprint density at radius 2 is 1.86 bits per heavy atom. The summed E-state index contributed by atoms with van der Waals surface area (Å²) < 4.78 is 23.7. The minimum Gasteiger partial charge on any atom is -0.472 e. The van der Waals surface area contributed by atoms with Crippen LogP contribution in [0.5, 0.6) is 0 Å². The van der Waals surface area contributed by atoms with E-state index in [9.17, 15) is 19.5 Å². The molecule has 2 aliphatic heterocycles. The first-order valence-electron chi connectivity index (χ1n) is 12.8. The van der Waals surface area contributed by atoms with Gasteiger partial charge in [0.05, 0.1) is 18.6 Å². The zero-order chi connectivity index (χ0) is 26.1. The minimum atomic E-state index is -1.14. The second kappa shape index (κ2) is 6.90. The van der Waals surface area contributed by atoms with E-state index in [0.29, 0.717) is 12.8 Å². The third-order valence-electron chi connectivity index (χ3n) is 10.8. The highest BCUT2D eigenvalue weighted by atomic mass is 16.7. The molecule has 8 nitrogen and oxygen atoms in total. The summed E-state index contributed by atoms with van der Waals surface area (Å²) in [5.74, 6) is -1.67. The Labute approximate surface area is 210 Å². The van der Waals surface area contributed by atoms with Crippen molar-refractivity contribution in [3.8, 4) is 0 Å². The number of carbonyl (C=O) groups is 3. The molecule has 3 aliphatic carbocycles. The molecule has 0 bridgehead atoms.